The number of aliphatic imine (C=N–C) groups is 1. The summed E-state index contributed by atoms with van der Waals surface area (Å²) in [4.78, 5) is 9.66. The molecule has 4 rings (SSSR count). The minimum absolute atomic E-state index is 0. The van der Waals surface area contributed by atoms with Crippen LogP contribution in [-0.2, 0) is 11.3 Å². The highest BCUT2D eigenvalue weighted by molar-refractivity contribution is 14.0. The zero-order valence-electron chi connectivity index (χ0n) is 19.5. The van der Waals surface area contributed by atoms with Gasteiger partial charge in [-0.25, -0.2) is 0 Å². The topological polar surface area (TPSA) is 52.1 Å². The Morgan fingerprint density at radius 2 is 1.69 bits per heavy atom. The van der Waals surface area contributed by atoms with Gasteiger partial charge in [0.05, 0.1) is 13.2 Å². The molecule has 1 aromatic carbocycles. The molecule has 8 heteroatoms. The van der Waals surface area contributed by atoms with Gasteiger partial charge < -0.3 is 20.3 Å². The number of halogens is 1. The standard InChI is InChI=1S/C24H39N5OS.HI/c1-25-23(26-19-21-5-7-22(8-6-21)28-13-17-31-18-14-28)27-20-24(9-3-2-4-10-24)29-11-15-30-16-12-29;/h5-8H,2-4,9-20H2,1H3,(H2,25,26,27);1H. The lowest BCUT2D eigenvalue weighted by Gasteiger charge is -2.48. The summed E-state index contributed by atoms with van der Waals surface area (Å²) < 4.78 is 5.61. The number of guanidine groups is 1. The number of hydrogen-bond acceptors (Lipinski definition) is 5. The Kier molecular flexibility index (Phi) is 10.7. The molecule has 1 aromatic rings. The SMILES string of the molecule is CN=C(NCc1ccc(N2CCSCC2)cc1)NCC1(N2CCOCC2)CCCCC1.I. The van der Waals surface area contributed by atoms with Gasteiger partial charge >= 0.3 is 0 Å². The fraction of sp³-hybridized carbons (Fsp3) is 0.708. The molecule has 3 aliphatic rings. The highest BCUT2D eigenvalue weighted by Gasteiger charge is 2.38. The third-order valence-corrected chi connectivity index (χ3v) is 7.99. The van der Waals surface area contributed by atoms with E-state index in [1.165, 1.54) is 54.9 Å². The summed E-state index contributed by atoms with van der Waals surface area (Å²) in [5, 5.41) is 7.18. The van der Waals surface area contributed by atoms with Gasteiger partial charge in [0.2, 0.25) is 0 Å². The molecule has 0 aromatic heterocycles. The van der Waals surface area contributed by atoms with Crippen LogP contribution in [0.2, 0.25) is 0 Å². The van der Waals surface area contributed by atoms with Gasteiger partial charge in [-0.3, -0.25) is 9.89 Å². The highest BCUT2D eigenvalue weighted by atomic mass is 127. The van der Waals surface area contributed by atoms with Crippen molar-refractivity contribution in [2.45, 2.75) is 44.2 Å². The van der Waals surface area contributed by atoms with E-state index in [1.54, 1.807) is 0 Å². The van der Waals surface area contributed by atoms with Gasteiger partial charge in [0.1, 0.15) is 0 Å². The van der Waals surface area contributed by atoms with Crippen molar-refractivity contribution in [3.8, 4) is 0 Å². The molecule has 6 nitrogen and oxygen atoms in total. The van der Waals surface area contributed by atoms with E-state index in [1.807, 2.05) is 7.05 Å². The van der Waals surface area contributed by atoms with E-state index in [2.05, 4.69) is 61.5 Å². The smallest absolute Gasteiger partial charge is 0.191 e. The molecule has 0 spiro atoms. The summed E-state index contributed by atoms with van der Waals surface area (Å²) in [7, 11) is 1.87. The minimum Gasteiger partial charge on any atom is -0.379 e. The van der Waals surface area contributed by atoms with Crippen molar-refractivity contribution in [3.05, 3.63) is 29.8 Å². The second-order valence-electron chi connectivity index (χ2n) is 8.93. The molecule has 0 atom stereocenters. The van der Waals surface area contributed by atoms with Crippen LogP contribution >= 0.6 is 35.7 Å². The summed E-state index contributed by atoms with van der Waals surface area (Å²) >= 11 is 2.05. The van der Waals surface area contributed by atoms with Gasteiger partial charge in [0, 0.05) is 69.0 Å². The second-order valence-corrected chi connectivity index (χ2v) is 10.2. The number of hydrogen-bond donors (Lipinski definition) is 2. The average molecular weight is 574 g/mol. The van der Waals surface area contributed by atoms with Gasteiger partial charge in [0.15, 0.2) is 5.96 Å². The molecule has 0 amide bonds. The summed E-state index contributed by atoms with van der Waals surface area (Å²) in [6.45, 7) is 7.89. The summed E-state index contributed by atoms with van der Waals surface area (Å²) in [6, 6.07) is 9.01. The van der Waals surface area contributed by atoms with Crippen LogP contribution in [0.15, 0.2) is 29.3 Å². The first kappa shape index (κ1) is 25.9. The first-order valence-electron chi connectivity index (χ1n) is 12.0. The Balaban J connectivity index is 0.00000289. The van der Waals surface area contributed by atoms with Gasteiger partial charge in [-0.15, -0.1) is 24.0 Å². The van der Waals surface area contributed by atoms with Crippen molar-refractivity contribution >= 4 is 47.4 Å². The van der Waals surface area contributed by atoms with Crippen LogP contribution in [0.25, 0.3) is 0 Å². The summed E-state index contributed by atoms with van der Waals surface area (Å²) in [5.41, 5.74) is 2.88. The third kappa shape index (κ3) is 6.90. The zero-order chi connectivity index (χ0) is 21.4. The van der Waals surface area contributed by atoms with Gasteiger partial charge in [-0.05, 0) is 30.5 Å². The fourth-order valence-corrected chi connectivity index (χ4v) is 6.06. The zero-order valence-corrected chi connectivity index (χ0v) is 22.6. The van der Waals surface area contributed by atoms with Crippen LogP contribution in [0.5, 0.6) is 0 Å². The Labute approximate surface area is 215 Å². The van der Waals surface area contributed by atoms with Crippen molar-refractivity contribution in [2.75, 3.05) is 69.4 Å². The maximum absolute atomic E-state index is 5.61. The maximum atomic E-state index is 5.61. The molecule has 1 saturated carbocycles. The fourth-order valence-electron chi connectivity index (χ4n) is 5.15. The van der Waals surface area contributed by atoms with Gasteiger partial charge in [-0.1, -0.05) is 31.4 Å². The molecule has 0 bridgehead atoms. The van der Waals surface area contributed by atoms with E-state index < -0.39 is 0 Å². The number of ether oxygens (including phenoxy) is 1. The summed E-state index contributed by atoms with van der Waals surface area (Å²) in [6.07, 6.45) is 6.56. The average Bonchev–Trinajstić information content (AvgIpc) is 2.86. The number of anilines is 1. The number of nitrogens with zero attached hydrogens (tertiary/aromatic N) is 3. The number of thioether (sulfide) groups is 1. The molecule has 2 heterocycles. The molecule has 0 radical (unpaired) electrons. The lowest BCUT2D eigenvalue weighted by atomic mass is 9.80. The van der Waals surface area contributed by atoms with Gasteiger partial charge in [0.25, 0.3) is 0 Å². The van der Waals surface area contributed by atoms with E-state index in [4.69, 9.17) is 4.74 Å². The van der Waals surface area contributed by atoms with Crippen LogP contribution in [0.1, 0.15) is 37.7 Å². The van der Waals surface area contributed by atoms with E-state index >= 15 is 0 Å². The molecular formula is C24H40IN5OS. The van der Waals surface area contributed by atoms with Crippen molar-refractivity contribution in [1.29, 1.82) is 0 Å². The first-order valence-corrected chi connectivity index (χ1v) is 13.1. The normalized spacial score (nSPS) is 22.2. The highest BCUT2D eigenvalue weighted by Crippen LogP contribution is 2.33. The number of nitrogens with one attached hydrogen (secondary N) is 2. The van der Waals surface area contributed by atoms with Crippen molar-refractivity contribution in [3.63, 3.8) is 0 Å². The molecular weight excluding hydrogens is 533 g/mol. The molecule has 180 valence electrons. The molecule has 32 heavy (non-hydrogen) atoms. The second kappa shape index (κ2) is 13.2. The Hall–Kier alpha value is -0.710. The minimum atomic E-state index is 0. The molecule has 2 saturated heterocycles. The molecule has 3 fully saturated rings. The van der Waals surface area contributed by atoms with Crippen molar-refractivity contribution < 1.29 is 4.74 Å². The monoisotopic (exact) mass is 573 g/mol. The van der Waals surface area contributed by atoms with Crippen LogP contribution in [0, 0.1) is 0 Å². The van der Waals surface area contributed by atoms with Crippen LogP contribution in [0.4, 0.5) is 5.69 Å². The number of rotatable bonds is 6. The molecule has 2 aliphatic heterocycles. The third-order valence-electron chi connectivity index (χ3n) is 7.05. The van der Waals surface area contributed by atoms with Crippen LogP contribution in [-0.4, -0.2) is 80.9 Å². The van der Waals surface area contributed by atoms with E-state index in [0.717, 1.165) is 58.4 Å². The Morgan fingerprint density at radius 1 is 1.00 bits per heavy atom. The van der Waals surface area contributed by atoms with E-state index in [0.29, 0.717) is 0 Å². The largest absolute Gasteiger partial charge is 0.379 e. The predicted molar refractivity (Wildman–Crippen MR) is 148 cm³/mol. The Bertz CT molecular complexity index is 699. The number of morpholine rings is 1. The van der Waals surface area contributed by atoms with Crippen molar-refractivity contribution in [2.24, 2.45) is 4.99 Å². The first-order chi connectivity index (χ1) is 15.3. The Morgan fingerprint density at radius 3 is 2.34 bits per heavy atom. The van der Waals surface area contributed by atoms with Crippen LogP contribution < -0.4 is 15.5 Å². The van der Waals surface area contributed by atoms with Crippen LogP contribution in [0.3, 0.4) is 0 Å². The van der Waals surface area contributed by atoms with E-state index in [9.17, 15) is 0 Å². The quantitative estimate of drug-likeness (QED) is 0.309. The summed E-state index contributed by atoms with van der Waals surface area (Å²) in [5.74, 6) is 3.37. The molecule has 1 aliphatic carbocycles. The van der Waals surface area contributed by atoms with Gasteiger partial charge in [-0.2, -0.15) is 11.8 Å². The predicted octanol–water partition coefficient (Wildman–Crippen LogP) is 3.56. The van der Waals surface area contributed by atoms with Crippen molar-refractivity contribution in [1.82, 2.24) is 15.5 Å². The maximum Gasteiger partial charge on any atom is 0.191 e. The lowest BCUT2D eigenvalue weighted by Crippen LogP contribution is -2.60. The molecule has 2 N–H and O–H groups in total. The molecule has 0 unspecified atom stereocenters. The number of benzene rings is 1. The van der Waals surface area contributed by atoms with E-state index in [-0.39, 0.29) is 29.5 Å². The lowest BCUT2D eigenvalue weighted by molar-refractivity contribution is -0.0352.